The second-order valence-corrected chi connectivity index (χ2v) is 4.76. The summed E-state index contributed by atoms with van der Waals surface area (Å²) in [5.74, 6) is -2.42. The van der Waals surface area contributed by atoms with Crippen molar-refractivity contribution < 1.29 is 19.8 Å². The normalized spacial score (nSPS) is 10.6. The average molecular weight is 330 g/mol. The molecule has 0 bridgehead atoms. The summed E-state index contributed by atoms with van der Waals surface area (Å²) in [6, 6.07) is 6.05. The van der Waals surface area contributed by atoms with Crippen LogP contribution in [-0.4, -0.2) is 22.2 Å². The van der Waals surface area contributed by atoms with Crippen molar-refractivity contribution in [2.45, 2.75) is 0 Å². The largest absolute Gasteiger partial charge is 0.478 e. The molecular formula is C12H6BrClO4. The van der Waals surface area contributed by atoms with Crippen LogP contribution < -0.4 is 0 Å². The van der Waals surface area contributed by atoms with Crippen molar-refractivity contribution in [3.63, 3.8) is 0 Å². The predicted molar refractivity (Wildman–Crippen MR) is 70.6 cm³/mol. The second kappa shape index (κ2) is 4.59. The van der Waals surface area contributed by atoms with Gasteiger partial charge in [0, 0.05) is 5.39 Å². The zero-order valence-corrected chi connectivity index (χ0v) is 11.1. The van der Waals surface area contributed by atoms with Crippen LogP contribution in [0.1, 0.15) is 20.7 Å². The van der Waals surface area contributed by atoms with E-state index in [0.29, 0.717) is 5.39 Å². The van der Waals surface area contributed by atoms with E-state index in [4.69, 9.17) is 16.7 Å². The van der Waals surface area contributed by atoms with Crippen LogP contribution in [0.4, 0.5) is 0 Å². The summed E-state index contributed by atoms with van der Waals surface area (Å²) in [5, 5.41) is 19.2. The Hall–Kier alpha value is -1.59. The minimum Gasteiger partial charge on any atom is -0.478 e. The molecule has 2 aromatic rings. The van der Waals surface area contributed by atoms with Crippen molar-refractivity contribution in [1.82, 2.24) is 0 Å². The number of benzene rings is 2. The summed E-state index contributed by atoms with van der Waals surface area (Å²) in [6.07, 6.45) is 0. The van der Waals surface area contributed by atoms with Crippen LogP contribution in [0.5, 0.6) is 0 Å². The van der Waals surface area contributed by atoms with Crippen LogP contribution in [0.3, 0.4) is 0 Å². The maximum Gasteiger partial charge on any atom is 0.337 e. The fourth-order valence-electron chi connectivity index (χ4n) is 1.78. The molecular weight excluding hydrogens is 323 g/mol. The molecule has 0 unspecified atom stereocenters. The molecule has 0 saturated carbocycles. The number of carboxylic acid groups (broad SMARTS) is 2. The van der Waals surface area contributed by atoms with Gasteiger partial charge in [-0.05, 0) is 33.4 Å². The molecule has 0 aliphatic carbocycles. The molecule has 92 valence electrons. The molecule has 0 spiro atoms. The first-order valence-electron chi connectivity index (χ1n) is 4.80. The fourth-order valence-corrected chi connectivity index (χ4v) is 2.47. The summed E-state index contributed by atoms with van der Waals surface area (Å²) < 4.78 is 0.179. The summed E-state index contributed by atoms with van der Waals surface area (Å²) in [6.45, 7) is 0. The van der Waals surface area contributed by atoms with E-state index in [2.05, 4.69) is 15.9 Å². The summed E-state index contributed by atoms with van der Waals surface area (Å²) >= 11 is 8.99. The lowest BCUT2D eigenvalue weighted by molar-refractivity contribution is 0.0695. The third kappa shape index (κ3) is 1.95. The SMILES string of the molecule is O=C(O)c1cccc2cc(Cl)c(Br)c(C(=O)O)c12. The summed E-state index contributed by atoms with van der Waals surface area (Å²) in [5.41, 5.74) is -0.210. The predicted octanol–water partition coefficient (Wildman–Crippen LogP) is 3.65. The maximum atomic E-state index is 11.3. The molecule has 2 rings (SSSR count). The fraction of sp³-hybridized carbons (Fsp3) is 0. The first kappa shape index (κ1) is 12.9. The third-order valence-electron chi connectivity index (χ3n) is 2.50. The molecule has 0 aliphatic rings. The Labute approximate surface area is 115 Å². The molecule has 0 atom stereocenters. The van der Waals surface area contributed by atoms with E-state index >= 15 is 0 Å². The smallest absolute Gasteiger partial charge is 0.337 e. The van der Waals surface area contributed by atoms with E-state index in [1.807, 2.05) is 0 Å². The van der Waals surface area contributed by atoms with E-state index in [-0.39, 0.29) is 26.0 Å². The highest BCUT2D eigenvalue weighted by molar-refractivity contribution is 9.10. The van der Waals surface area contributed by atoms with E-state index in [1.54, 1.807) is 12.1 Å². The zero-order chi connectivity index (χ0) is 13.4. The standard InChI is InChI=1S/C12H6BrClO4/c13-10-7(14)4-5-2-1-3-6(11(15)16)8(5)9(10)12(17)18/h1-4H,(H,15,16)(H,17,18). The van der Waals surface area contributed by atoms with E-state index in [0.717, 1.165) is 0 Å². The van der Waals surface area contributed by atoms with Gasteiger partial charge in [-0.3, -0.25) is 0 Å². The highest BCUT2D eigenvalue weighted by Crippen LogP contribution is 2.35. The van der Waals surface area contributed by atoms with Crippen LogP contribution >= 0.6 is 27.5 Å². The van der Waals surface area contributed by atoms with Gasteiger partial charge in [0.05, 0.1) is 20.6 Å². The number of carboxylic acids is 2. The Balaban J connectivity index is 3.05. The number of carbonyl (C=O) groups is 2. The van der Waals surface area contributed by atoms with Gasteiger partial charge in [0.1, 0.15) is 0 Å². The van der Waals surface area contributed by atoms with Gasteiger partial charge in [-0.2, -0.15) is 0 Å². The number of fused-ring (bicyclic) bond motifs is 1. The number of halogens is 2. The van der Waals surface area contributed by atoms with Crippen molar-refractivity contribution in [2.75, 3.05) is 0 Å². The molecule has 6 heteroatoms. The zero-order valence-electron chi connectivity index (χ0n) is 8.78. The number of aromatic carboxylic acids is 2. The molecule has 0 fully saturated rings. The van der Waals surface area contributed by atoms with Gasteiger partial charge in [0.15, 0.2) is 0 Å². The van der Waals surface area contributed by atoms with Gasteiger partial charge in [-0.1, -0.05) is 23.7 Å². The van der Waals surface area contributed by atoms with Crippen LogP contribution in [0, 0.1) is 0 Å². The van der Waals surface area contributed by atoms with Crippen molar-refractivity contribution in [3.8, 4) is 0 Å². The Morgan fingerprint density at radius 1 is 1.17 bits per heavy atom. The number of hydrogen-bond acceptors (Lipinski definition) is 2. The van der Waals surface area contributed by atoms with Crippen molar-refractivity contribution in [1.29, 1.82) is 0 Å². The lowest BCUT2D eigenvalue weighted by Crippen LogP contribution is -2.05. The van der Waals surface area contributed by atoms with E-state index in [9.17, 15) is 14.7 Å². The molecule has 0 radical (unpaired) electrons. The van der Waals surface area contributed by atoms with E-state index < -0.39 is 11.9 Å². The highest BCUT2D eigenvalue weighted by Gasteiger charge is 2.21. The monoisotopic (exact) mass is 328 g/mol. The van der Waals surface area contributed by atoms with Gasteiger partial charge >= 0.3 is 11.9 Å². The highest BCUT2D eigenvalue weighted by atomic mass is 79.9. The molecule has 0 aromatic heterocycles. The lowest BCUT2D eigenvalue weighted by Gasteiger charge is -2.09. The third-order valence-corrected chi connectivity index (χ3v) is 3.85. The van der Waals surface area contributed by atoms with Gasteiger partial charge in [0.2, 0.25) is 0 Å². The lowest BCUT2D eigenvalue weighted by atomic mass is 9.99. The Morgan fingerprint density at radius 3 is 2.39 bits per heavy atom. The van der Waals surface area contributed by atoms with Crippen molar-refractivity contribution >= 4 is 50.2 Å². The first-order chi connectivity index (χ1) is 8.43. The van der Waals surface area contributed by atoms with Gasteiger partial charge in [-0.15, -0.1) is 0 Å². The molecule has 2 aromatic carbocycles. The summed E-state index contributed by atoms with van der Waals surface area (Å²) in [4.78, 5) is 22.4. The van der Waals surface area contributed by atoms with Gasteiger partial charge < -0.3 is 10.2 Å². The molecule has 0 heterocycles. The van der Waals surface area contributed by atoms with Gasteiger partial charge in [0.25, 0.3) is 0 Å². The molecule has 4 nitrogen and oxygen atoms in total. The van der Waals surface area contributed by atoms with Crippen LogP contribution in [0.15, 0.2) is 28.7 Å². The van der Waals surface area contributed by atoms with Crippen molar-refractivity contribution in [2.24, 2.45) is 0 Å². The van der Waals surface area contributed by atoms with Crippen LogP contribution in [0.25, 0.3) is 10.8 Å². The average Bonchev–Trinajstić information content (AvgIpc) is 2.29. The molecule has 0 saturated heterocycles. The first-order valence-corrected chi connectivity index (χ1v) is 5.98. The topological polar surface area (TPSA) is 74.6 Å². The molecule has 0 aliphatic heterocycles. The molecule has 0 amide bonds. The van der Waals surface area contributed by atoms with Crippen molar-refractivity contribution in [3.05, 3.63) is 44.9 Å². The Bertz CT molecular complexity index is 681. The minimum absolute atomic E-state index is 0.0673. The number of hydrogen-bond donors (Lipinski definition) is 2. The second-order valence-electron chi connectivity index (χ2n) is 3.56. The Morgan fingerprint density at radius 2 is 1.83 bits per heavy atom. The maximum absolute atomic E-state index is 11.3. The molecule has 18 heavy (non-hydrogen) atoms. The molecule has 2 N–H and O–H groups in total. The minimum atomic E-state index is -1.23. The quantitative estimate of drug-likeness (QED) is 0.882. The Kier molecular flexibility index (Phi) is 3.28. The summed E-state index contributed by atoms with van der Waals surface area (Å²) in [7, 11) is 0. The van der Waals surface area contributed by atoms with Gasteiger partial charge in [-0.25, -0.2) is 9.59 Å². The van der Waals surface area contributed by atoms with E-state index in [1.165, 1.54) is 12.1 Å². The number of rotatable bonds is 2. The van der Waals surface area contributed by atoms with Crippen LogP contribution in [0.2, 0.25) is 5.02 Å². The van der Waals surface area contributed by atoms with Crippen LogP contribution in [-0.2, 0) is 0 Å².